The lowest BCUT2D eigenvalue weighted by Gasteiger charge is -2.39. The number of nitrogens with one attached hydrogen (secondary N) is 1. The zero-order chi connectivity index (χ0) is 31.8. The van der Waals surface area contributed by atoms with Crippen molar-refractivity contribution in [1.29, 1.82) is 0 Å². The number of piperazine rings is 1. The molecule has 1 aliphatic heterocycles. The number of halogens is 1. The number of urea groups is 1. The fourth-order valence-electron chi connectivity index (χ4n) is 5.85. The molecule has 2 aliphatic rings. The Morgan fingerprint density at radius 3 is 2.37 bits per heavy atom. The molecular weight excluding hydrogens is 589 g/mol. The first-order valence-corrected chi connectivity index (χ1v) is 15.3. The summed E-state index contributed by atoms with van der Waals surface area (Å²) in [5, 5.41) is 13.7. The van der Waals surface area contributed by atoms with Crippen LogP contribution in [-0.2, 0) is 4.79 Å². The Kier molecular flexibility index (Phi) is 7.64. The highest BCUT2D eigenvalue weighted by molar-refractivity contribution is 6.02. The highest BCUT2D eigenvalue weighted by Crippen LogP contribution is 2.32. The minimum atomic E-state index is -0.773. The second-order valence-electron chi connectivity index (χ2n) is 11.5. The number of benzene rings is 3. The molecule has 5 aromatic rings. The number of rotatable bonds is 7. The third-order valence-electron chi connectivity index (χ3n) is 8.39. The Bertz CT molecular complexity index is 1950. The second kappa shape index (κ2) is 12.1. The summed E-state index contributed by atoms with van der Waals surface area (Å²) in [6.45, 7) is 3.63. The molecule has 0 spiro atoms. The standard InChI is InChI=1S/C33H32FN9O3/c1-22(41(33(46)37-25-13-11-24(34)12-14-25)26-5-4-6-27(21-26)43-35-15-16-36-43)30-38-29-8-3-2-7-28(29)32(45)42(30)40-19-17-39(18-20-40)31(44)23-9-10-23/h2-8,11-16,21-23H,9-10,17-20H2,1H3,(H,37,46). The van der Waals surface area contributed by atoms with Gasteiger partial charge in [-0.25, -0.2) is 18.8 Å². The molecule has 234 valence electrons. The van der Waals surface area contributed by atoms with Crippen LogP contribution in [0.2, 0.25) is 0 Å². The van der Waals surface area contributed by atoms with Crippen LogP contribution >= 0.6 is 0 Å². The molecule has 0 bridgehead atoms. The maximum Gasteiger partial charge on any atom is 0.326 e. The summed E-state index contributed by atoms with van der Waals surface area (Å²) in [6.07, 6.45) is 4.98. The van der Waals surface area contributed by atoms with E-state index in [4.69, 9.17) is 4.98 Å². The second-order valence-corrected chi connectivity index (χ2v) is 11.5. The first-order chi connectivity index (χ1) is 22.4. The van der Waals surface area contributed by atoms with E-state index in [9.17, 15) is 18.8 Å². The minimum absolute atomic E-state index is 0.119. The van der Waals surface area contributed by atoms with Gasteiger partial charge >= 0.3 is 6.03 Å². The SMILES string of the molecule is CC(c1nc2ccccc2c(=O)n1N1CCN(C(=O)C2CC2)CC1)N(C(=O)Nc1ccc(F)cc1)c1cccc(-n2nccn2)c1. The molecule has 46 heavy (non-hydrogen) atoms. The van der Waals surface area contributed by atoms with E-state index in [1.807, 2.05) is 29.0 Å². The van der Waals surface area contributed by atoms with Crippen molar-refractivity contribution < 1.29 is 14.0 Å². The maximum atomic E-state index is 14.2. The molecule has 1 saturated heterocycles. The largest absolute Gasteiger partial charge is 0.339 e. The minimum Gasteiger partial charge on any atom is -0.339 e. The molecule has 2 aromatic heterocycles. The van der Waals surface area contributed by atoms with Crippen LogP contribution < -0.4 is 20.8 Å². The third kappa shape index (κ3) is 5.67. The Labute approximate surface area is 263 Å². The van der Waals surface area contributed by atoms with Gasteiger partial charge < -0.3 is 15.2 Å². The highest BCUT2D eigenvalue weighted by Gasteiger charge is 2.36. The Balaban J connectivity index is 1.31. The lowest BCUT2D eigenvalue weighted by Crippen LogP contribution is -2.57. The van der Waals surface area contributed by atoms with Crippen molar-refractivity contribution in [3.05, 3.63) is 107 Å². The van der Waals surface area contributed by atoms with Gasteiger partial charge in [-0.2, -0.15) is 15.0 Å². The van der Waals surface area contributed by atoms with E-state index in [-0.39, 0.29) is 17.4 Å². The zero-order valence-electron chi connectivity index (χ0n) is 25.2. The number of amides is 3. The van der Waals surface area contributed by atoms with Gasteiger partial charge in [0.1, 0.15) is 5.82 Å². The van der Waals surface area contributed by atoms with E-state index in [1.54, 1.807) is 53.5 Å². The molecule has 1 saturated carbocycles. The summed E-state index contributed by atoms with van der Waals surface area (Å²) >= 11 is 0. The van der Waals surface area contributed by atoms with Crippen LogP contribution in [0.4, 0.5) is 20.6 Å². The summed E-state index contributed by atoms with van der Waals surface area (Å²) in [6, 6.07) is 18.5. The fraction of sp³-hybridized carbons (Fsp3) is 0.273. The number of anilines is 2. The van der Waals surface area contributed by atoms with Gasteiger partial charge in [-0.3, -0.25) is 14.5 Å². The van der Waals surface area contributed by atoms with Crippen LogP contribution in [0.25, 0.3) is 16.6 Å². The van der Waals surface area contributed by atoms with E-state index in [1.165, 1.54) is 34.0 Å². The third-order valence-corrected chi connectivity index (χ3v) is 8.39. The highest BCUT2D eigenvalue weighted by atomic mass is 19.1. The Morgan fingerprint density at radius 1 is 0.935 bits per heavy atom. The number of para-hydroxylation sites is 1. The summed E-state index contributed by atoms with van der Waals surface area (Å²) in [5.74, 6) is 0.217. The van der Waals surface area contributed by atoms with Gasteiger partial charge in [-0.05, 0) is 74.4 Å². The van der Waals surface area contributed by atoms with E-state index >= 15 is 0 Å². The summed E-state index contributed by atoms with van der Waals surface area (Å²) in [4.78, 5) is 50.9. The van der Waals surface area contributed by atoms with Crippen molar-refractivity contribution in [2.45, 2.75) is 25.8 Å². The summed E-state index contributed by atoms with van der Waals surface area (Å²) in [7, 11) is 0. The molecule has 7 rings (SSSR count). The smallest absolute Gasteiger partial charge is 0.326 e. The monoisotopic (exact) mass is 621 g/mol. The lowest BCUT2D eigenvalue weighted by atomic mass is 10.1. The van der Waals surface area contributed by atoms with Gasteiger partial charge in [-0.15, -0.1) is 0 Å². The number of hydrogen-bond acceptors (Lipinski definition) is 7. The molecule has 3 heterocycles. The summed E-state index contributed by atoms with van der Waals surface area (Å²) < 4.78 is 15.2. The number of hydrogen-bond donors (Lipinski definition) is 1. The number of fused-ring (bicyclic) bond motifs is 1. The van der Waals surface area contributed by atoms with Crippen molar-refractivity contribution in [2.75, 3.05) is 41.4 Å². The molecule has 12 nitrogen and oxygen atoms in total. The van der Waals surface area contributed by atoms with Crippen molar-refractivity contribution in [3.63, 3.8) is 0 Å². The summed E-state index contributed by atoms with van der Waals surface area (Å²) in [5.41, 5.74) is 1.75. The quantitative estimate of drug-likeness (QED) is 0.290. The Morgan fingerprint density at radius 2 is 1.65 bits per heavy atom. The molecule has 1 atom stereocenters. The topological polar surface area (TPSA) is 121 Å². The molecular formula is C33H32FN9O3. The fourth-order valence-corrected chi connectivity index (χ4v) is 5.85. The van der Waals surface area contributed by atoms with Crippen LogP contribution in [0.1, 0.15) is 31.6 Å². The van der Waals surface area contributed by atoms with Crippen LogP contribution in [0.5, 0.6) is 0 Å². The maximum absolute atomic E-state index is 14.2. The number of aromatic nitrogens is 5. The van der Waals surface area contributed by atoms with Crippen molar-refractivity contribution >= 4 is 34.2 Å². The van der Waals surface area contributed by atoms with E-state index < -0.39 is 17.9 Å². The van der Waals surface area contributed by atoms with Crippen LogP contribution in [0.3, 0.4) is 0 Å². The first-order valence-electron chi connectivity index (χ1n) is 15.3. The van der Waals surface area contributed by atoms with E-state index in [0.29, 0.717) is 60.0 Å². The van der Waals surface area contributed by atoms with Crippen LogP contribution in [-0.4, -0.2) is 67.7 Å². The molecule has 2 fully saturated rings. The normalized spacial score (nSPS) is 15.5. The van der Waals surface area contributed by atoms with E-state index in [0.717, 1.165) is 12.8 Å². The van der Waals surface area contributed by atoms with Gasteiger partial charge in [0.2, 0.25) is 5.91 Å². The number of carbonyl (C=O) groups excluding carboxylic acids is 2. The molecule has 13 heteroatoms. The average Bonchev–Trinajstić information content (AvgIpc) is 3.78. The molecule has 1 N–H and O–H groups in total. The van der Waals surface area contributed by atoms with Crippen molar-refractivity contribution in [1.82, 2.24) is 29.6 Å². The molecule has 1 aliphatic carbocycles. The number of carbonyl (C=O) groups is 2. The predicted molar refractivity (Wildman–Crippen MR) is 171 cm³/mol. The van der Waals surface area contributed by atoms with Crippen molar-refractivity contribution in [3.8, 4) is 5.69 Å². The van der Waals surface area contributed by atoms with Gasteiger partial charge in [0, 0.05) is 30.4 Å². The first kappa shape index (κ1) is 29.1. The van der Waals surface area contributed by atoms with Gasteiger partial charge in [-0.1, -0.05) is 18.2 Å². The molecule has 0 radical (unpaired) electrons. The van der Waals surface area contributed by atoms with Gasteiger partial charge in [0.15, 0.2) is 5.82 Å². The van der Waals surface area contributed by atoms with E-state index in [2.05, 4.69) is 15.5 Å². The zero-order valence-corrected chi connectivity index (χ0v) is 25.2. The van der Waals surface area contributed by atoms with Crippen LogP contribution in [0.15, 0.2) is 90.0 Å². The predicted octanol–water partition coefficient (Wildman–Crippen LogP) is 4.11. The van der Waals surface area contributed by atoms with Crippen molar-refractivity contribution in [2.24, 2.45) is 5.92 Å². The molecule has 3 aromatic carbocycles. The molecule has 3 amide bonds. The van der Waals surface area contributed by atoms with Gasteiger partial charge in [0.05, 0.1) is 48.1 Å². The van der Waals surface area contributed by atoms with Crippen LogP contribution in [0, 0.1) is 11.7 Å². The Hall–Kier alpha value is -5.59. The van der Waals surface area contributed by atoms with Gasteiger partial charge in [0.25, 0.3) is 5.56 Å². The number of nitrogens with zero attached hydrogens (tertiary/aromatic N) is 8. The molecule has 1 unspecified atom stereocenters. The average molecular weight is 622 g/mol. The lowest BCUT2D eigenvalue weighted by molar-refractivity contribution is -0.133.